The lowest BCUT2D eigenvalue weighted by molar-refractivity contribution is 0.0674. The van der Waals surface area contributed by atoms with Crippen LogP contribution in [0.15, 0.2) is 18.2 Å². The van der Waals surface area contributed by atoms with Crippen molar-refractivity contribution in [2.24, 2.45) is 0 Å². The lowest BCUT2D eigenvalue weighted by Gasteiger charge is -2.37. The number of hydrogen-bond donors (Lipinski definition) is 2. The maximum absolute atomic E-state index is 13.9. The predicted octanol–water partition coefficient (Wildman–Crippen LogP) is 0.721. The molecule has 1 unspecified atom stereocenters. The minimum Gasteiger partial charge on any atom is -0.478 e. The van der Waals surface area contributed by atoms with Crippen molar-refractivity contribution in [3.63, 3.8) is 0 Å². The number of aromatic carboxylic acids is 1. The van der Waals surface area contributed by atoms with Gasteiger partial charge in [0.2, 0.25) is 0 Å². The van der Waals surface area contributed by atoms with Gasteiger partial charge in [-0.1, -0.05) is 6.07 Å². The standard InChI is InChI=1S/C12H14FNO4/c13-10-3-1-2-9(12(16)17)11(10)14-4-5-18-7-8(14)6-15/h1-3,8,15H,4-7H2,(H,16,17). The molecular weight excluding hydrogens is 241 g/mol. The zero-order chi connectivity index (χ0) is 13.1. The second kappa shape index (κ2) is 5.32. The lowest BCUT2D eigenvalue weighted by atomic mass is 10.1. The van der Waals surface area contributed by atoms with Crippen LogP contribution in [0.3, 0.4) is 0 Å². The summed E-state index contributed by atoms with van der Waals surface area (Å²) in [5.74, 6) is -1.79. The van der Waals surface area contributed by atoms with E-state index in [1.54, 1.807) is 4.90 Å². The van der Waals surface area contributed by atoms with Crippen molar-refractivity contribution in [3.05, 3.63) is 29.6 Å². The zero-order valence-corrected chi connectivity index (χ0v) is 9.67. The number of para-hydroxylation sites is 1. The molecule has 2 rings (SSSR count). The molecule has 18 heavy (non-hydrogen) atoms. The monoisotopic (exact) mass is 255 g/mol. The average molecular weight is 255 g/mol. The van der Waals surface area contributed by atoms with E-state index < -0.39 is 17.8 Å². The number of carboxylic acid groups (broad SMARTS) is 1. The molecule has 5 nitrogen and oxygen atoms in total. The number of hydrogen-bond acceptors (Lipinski definition) is 4. The quantitative estimate of drug-likeness (QED) is 0.833. The van der Waals surface area contributed by atoms with Crippen molar-refractivity contribution < 1.29 is 24.1 Å². The molecule has 6 heteroatoms. The molecule has 1 fully saturated rings. The van der Waals surface area contributed by atoms with E-state index in [-0.39, 0.29) is 24.5 Å². The number of ether oxygens (including phenoxy) is 1. The number of halogens is 1. The topological polar surface area (TPSA) is 70.0 Å². The average Bonchev–Trinajstić information content (AvgIpc) is 2.38. The van der Waals surface area contributed by atoms with E-state index in [1.807, 2.05) is 0 Å². The Labute approximate surface area is 103 Å². The second-order valence-electron chi connectivity index (χ2n) is 4.05. The molecule has 0 radical (unpaired) electrons. The first-order valence-corrected chi connectivity index (χ1v) is 5.62. The Morgan fingerprint density at radius 2 is 2.33 bits per heavy atom. The van der Waals surface area contributed by atoms with Gasteiger partial charge >= 0.3 is 5.97 Å². The highest BCUT2D eigenvalue weighted by molar-refractivity contribution is 5.94. The van der Waals surface area contributed by atoms with Crippen molar-refractivity contribution in [1.82, 2.24) is 0 Å². The minimum absolute atomic E-state index is 0.0207. The van der Waals surface area contributed by atoms with Gasteiger partial charge in [0.25, 0.3) is 0 Å². The largest absolute Gasteiger partial charge is 0.478 e. The molecule has 98 valence electrons. The van der Waals surface area contributed by atoms with Crippen LogP contribution in [-0.4, -0.2) is 48.6 Å². The molecule has 0 aromatic heterocycles. The van der Waals surface area contributed by atoms with Crippen LogP contribution in [0.25, 0.3) is 0 Å². The Morgan fingerprint density at radius 1 is 1.56 bits per heavy atom. The molecule has 0 aliphatic carbocycles. The van der Waals surface area contributed by atoms with E-state index in [1.165, 1.54) is 18.2 Å². The molecule has 1 aliphatic rings. The van der Waals surface area contributed by atoms with Gasteiger partial charge in [-0.3, -0.25) is 0 Å². The molecule has 1 heterocycles. The summed E-state index contributed by atoms with van der Waals surface area (Å²) in [5.41, 5.74) is -0.0808. The Morgan fingerprint density at radius 3 is 3.00 bits per heavy atom. The summed E-state index contributed by atoms with van der Waals surface area (Å²) in [6.07, 6.45) is 0. The summed E-state index contributed by atoms with van der Waals surface area (Å²) in [6.45, 7) is 0.771. The summed E-state index contributed by atoms with van der Waals surface area (Å²) >= 11 is 0. The van der Waals surface area contributed by atoms with Gasteiger partial charge in [-0.05, 0) is 12.1 Å². The number of rotatable bonds is 3. The molecule has 0 amide bonds. The second-order valence-corrected chi connectivity index (χ2v) is 4.05. The fraction of sp³-hybridized carbons (Fsp3) is 0.417. The maximum Gasteiger partial charge on any atom is 0.337 e. The summed E-state index contributed by atoms with van der Waals surface area (Å²) in [4.78, 5) is 12.7. The fourth-order valence-electron chi connectivity index (χ4n) is 2.08. The molecule has 1 atom stereocenters. The number of benzene rings is 1. The number of morpholine rings is 1. The van der Waals surface area contributed by atoms with Crippen LogP contribution in [-0.2, 0) is 4.74 Å². The van der Waals surface area contributed by atoms with Gasteiger partial charge in [0, 0.05) is 6.54 Å². The van der Waals surface area contributed by atoms with E-state index in [4.69, 9.17) is 9.84 Å². The first-order chi connectivity index (χ1) is 8.65. The predicted molar refractivity (Wildman–Crippen MR) is 62.4 cm³/mol. The highest BCUT2D eigenvalue weighted by atomic mass is 19.1. The van der Waals surface area contributed by atoms with Crippen LogP contribution in [0.5, 0.6) is 0 Å². The van der Waals surface area contributed by atoms with E-state index in [0.29, 0.717) is 13.2 Å². The fourth-order valence-corrected chi connectivity index (χ4v) is 2.08. The zero-order valence-electron chi connectivity index (χ0n) is 9.67. The van der Waals surface area contributed by atoms with Crippen molar-refractivity contribution in [1.29, 1.82) is 0 Å². The summed E-state index contributed by atoms with van der Waals surface area (Å²) in [6, 6.07) is 3.50. The lowest BCUT2D eigenvalue weighted by Crippen LogP contribution is -2.48. The minimum atomic E-state index is -1.19. The molecule has 1 aliphatic heterocycles. The van der Waals surface area contributed by atoms with E-state index in [2.05, 4.69) is 0 Å². The molecule has 0 bridgehead atoms. The van der Waals surface area contributed by atoms with Crippen LogP contribution in [0.4, 0.5) is 10.1 Å². The van der Waals surface area contributed by atoms with Crippen LogP contribution in [0.1, 0.15) is 10.4 Å². The number of aliphatic hydroxyl groups excluding tert-OH is 1. The number of anilines is 1. The first kappa shape index (κ1) is 12.8. The smallest absolute Gasteiger partial charge is 0.337 e. The molecule has 2 N–H and O–H groups in total. The van der Waals surface area contributed by atoms with Crippen LogP contribution in [0.2, 0.25) is 0 Å². The number of nitrogens with zero attached hydrogens (tertiary/aromatic N) is 1. The van der Waals surface area contributed by atoms with E-state index in [0.717, 1.165) is 0 Å². The number of carboxylic acids is 1. The number of carbonyl (C=O) groups is 1. The van der Waals surface area contributed by atoms with E-state index >= 15 is 0 Å². The summed E-state index contributed by atoms with van der Waals surface area (Å²) < 4.78 is 19.1. The summed E-state index contributed by atoms with van der Waals surface area (Å²) in [5, 5.41) is 18.3. The van der Waals surface area contributed by atoms with Gasteiger partial charge in [0.05, 0.1) is 37.1 Å². The third-order valence-electron chi connectivity index (χ3n) is 2.94. The van der Waals surface area contributed by atoms with Gasteiger partial charge in [-0.25, -0.2) is 9.18 Å². The third-order valence-corrected chi connectivity index (χ3v) is 2.94. The van der Waals surface area contributed by atoms with Crippen LogP contribution in [0, 0.1) is 5.82 Å². The highest BCUT2D eigenvalue weighted by Gasteiger charge is 2.28. The maximum atomic E-state index is 13.9. The molecule has 1 aromatic rings. The van der Waals surface area contributed by atoms with Gasteiger partial charge in [-0.2, -0.15) is 0 Å². The van der Waals surface area contributed by atoms with Crippen molar-refractivity contribution in [2.45, 2.75) is 6.04 Å². The van der Waals surface area contributed by atoms with Gasteiger partial charge in [-0.15, -0.1) is 0 Å². The van der Waals surface area contributed by atoms with Crippen molar-refractivity contribution >= 4 is 11.7 Å². The van der Waals surface area contributed by atoms with Gasteiger partial charge < -0.3 is 19.8 Å². The molecule has 0 spiro atoms. The Kier molecular flexibility index (Phi) is 3.78. The van der Waals surface area contributed by atoms with Gasteiger partial charge in [0.1, 0.15) is 5.82 Å². The third kappa shape index (κ3) is 2.30. The van der Waals surface area contributed by atoms with Gasteiger partial charge in [0.15, 0.2) is 0 Å². The van der Waals surface area contributed by atoms with Crippen molar-refractivity contribution in [2.75, 3.05) is 31.3 Å². The number of aliphatic hydroxyl groups is 1. The SMILES string of the molecule is O=C(O)c1cccc(F)c1N1CCOCC1CO. The normalized spacial score (nSPS) is 19.9. The Bertz CT molecular complexity index is 452. The molecule has 1 aromatic carbocycles. The Balaban J connectivity index is 2.44. The van der Waals surface area contributed by atoms with E-state index in [9.17, 15) is 14.3 Å². The molecule has 1 saturated heterocycles. The Hall–Kier alpha value is -1.66. The van der Waals surface area contributed by atoms with Crippen LogP contribution >= 0.6 is 0 Å². The van der Waals surface area contributed by atoms with Crippen LogP contribution < -0.4 is 4.90 Å². The summed E-state index contributed by atoms with van der Waals surface area (Å²) in [7, 11) is 0. The first-order valence-electron chi connectivity index (χ1n) is 5.62. The van der Waals surface area contributed by atoms with Crippen molar-refractivity contribution in [3.8, 4) is 0 Å². The molecular formula is C12H14FNO4. The highest BCUT2D eigenvalue weighted by Crippen LogP contribution is 2.27. The molecule has 0 saturated carbocycles.